The Morgan fingerprint density at radius 2 is 1.15 bits per heavy atom. The van der Waals surface area contributed by atoms with Gasteiger partial charge < -0.3 is 20.6 Å². The van der Waals surface area contributed by atoms with Crippen LogP contribution in [-0.4, -0.2) is 106 Å². The number of piperidine rings is 2. The molecular formula is C39H41F6N11O5. The molecule has 8 rings (SSSR count). The predicted molar refractivity (Wildman–Crippen MR) is 212 cm³/mol. The van der Waals surface area contributed by atoms with Crippen LogP contribution < -0.4 is 36.0 Å². The van der Waals surface area contributed by atoms with Gasteiger partial charge in [0.1, 0.15) is 17.3 Å². The van der Waals surface area contributed by atoms with Gasteiger partial charge in [-0.15, -0.1) is 0 Å². The van der Waals surface area contributed by atoms with E-state index in [-0.39, 0.29) is 35.3 Å². The Bertz CT molecular complexity index is 2200. The number of carboxylic acid groups (broad SMARTS) is 1. The molecule has 4 aromatic heterocycles. The van der Waals surface area contributed by atoms with Gasteiger partial charge in [-0.25, -0.2) is 34.3 Å². The summed E-state index contributed by atoms with van der Waals surface area (Å²) in [6.45, 7) is 1.80. The SMILES string of the molecule is NCC(F)(F)F.O=C(CCC(F)(F)F)c1ccc2c(n1)N(C(=O)Nc1ccccn1)[C@H]1CCCN2C1.O=C(O)c1ccc2c(n1)N(C(=O)Nc1ccccn1)[C@H]1CCCN2C1. The molecule has 324 valence electrons. The highest BCUT2D eigenvalue weighted by molar-refractivity contribution is 6.05. The topological polar surface area (TPSA) is 203 Å². The zero-order valence-electron chi connectivity index (χ0n) is 32.4. The number of alkyl halides is 6. The molecule has 2 fully saturated rings. The molecule has 8 heterocycles. The number of carbonyl (C=O) groups is 4. The van der Waals surface area contributed by atoms with E-state index in [1.165, 1.54) is 17.0 Å². The van der Waals surface area contributed by atoms with Gasteiger partial charge >= 0.3 is 30.4 Å². The number of nitrogens with zero attached hydrogens (tertiary/aromatic N) is 8. The van der Waals surface area contributed by atoms with E-state index in [9.17, 15) is 50.6 Å². The van der Waals surface area contributed by atoms with Crippen molar-refractivity contribution in [2.45, 2.75) is 63.0 Å². The van der Waals surface area contributed by atoms with Crippen LogP contribution in [0.15, 0.2) is 73.1 Å². The van der Waals surface area contributed by atoms with Crippen LogP contribution >= 0.6 is 0 Å². The lowest BCUT2D eigenvalue weighted by molar-refractivity contribution is -0.133. The molecule has 4 amide bonds. The van der Waals surface area contributed by atoms with Crippen LogP contribution in [0.4, 0.5) is 70.6 Å². The number of ketones is 1. The molecule has 0 unspecified atom stereocenters. The second-order valence-corrected chi connectivity index (χ2v) is 14.3. The molecule has 4 bridgehead atoms. The summed E-state index contributed by atoms with van der Waals surface area (Å²) in [6.07, 6.45) is -3.85. The van der Waals surface area contributed by atoms with Crippen molar-refractivity contribution in [2.24, 2.45) is 5.73 Å². The van der Waals surface area contributed by atoms with Gasteiger partial charge in [-0.05, 0) is 74.2 Å². The lowest BCUT2D eigenvalue weighted by Crippen LogP contribution is -2.56. The molecule has 0 aromatic carbocycles. The summed E-state index contributed by atoms with van der Waals surface area (Å²) >= 11 is 0. The van der Waals surface area contributed by atoms with Gasteiger partial charge in [0.15, 0.2) is 23.1 Å². The predicted octanol–water partition coefficient (Wildman–Crippen LogP) is 6.73. The summed E-state index contributed by atoms with van der Waals surface area (Å²) in [7, 11) is 0. The summed E-state index contributed by atoms with van der Waals surface area (Å²) in [5.74, 6) is -0.313. The molecule has 0 radical (unpaired) electrons. The summed E-state index contributed by atoms with van der Waals surface area (Å²) in [5, 5.41) is 14.8. The molecule has 0 saturated carbocycles. The van der Waals surface area contributed by atoms with Crippen LogP contribution in [0, 0.1) is 0 Å². The minimum Gasteiger partial charge on any atom is -0.477 e. The van der Waals surface area contributed by atoms with Crippen molar-refractivity contribution in [3.05, 3.63) is 84.4 Å². The number of hydrogen-bond donors (Lipinski definition) is 4. The number of aromatic carboxylic acids is 1. The fraction of sp³-hybridized carbons (Fsp3) is 0.385. The Hall–Kier alpha value is -6.58. The van der Waals surface area contributed by atoms with E-state index in [2.05, 4.69) is 46.1 Å². The maximum absolute atomic E-state index is 13.1. The van der Waals surface area contributed by atoms with E-state index in [0.29, 0.717) is 29.7 Å². The maximum Gasteiger partial charge on any atom is 0.400 e. The molecule has 2 atom stereocenters. The molecule has 2 saturated heterocycles. The van der Waals surface area contributed by atoms with Crippen LogP contribution in [0.5, 0.6) is 0 Å². The number of aromatic nitrogens is 4. The van der Waals surface area contributed by atoms with Crippen molar-refractivity contribution in [3.63, 3.8) is 0 Å². The van der Waals surface area contributed by atoms with Gasteiger partial charge in [-0.1, -0.05) is 12.1 Å². The van der Waals surface area contributed by atoms with Gasteiger partial charge in [0.05, 0.1) is 36.4 Å². The second kappa shape index (κ2) is 18.8. The van der Waals surface area contributed by atoms with Crippen molar-refractivity contribution >= 4 is 58.5 Å². The van der Waals surface area contributed by atoms with Gasteiger partial charge in [-0.3, -0.25) is 25.2 Å². The molecule has 4 aliphatic heterocycles. The number of fused-ring (bicyclic) bond motifs is 8. The molecule has 61 heavy (non-hydrogen) atoms. The number of carboxylic acids is 1. The average molecular weight is 858 g/mol. The van der Waals surface area contributed by atoms with Crippen LogP contribution in [0.1, 0.15) is 59.5 Å². The summed E-state index contributed by atoms with van der Waals surface area (Å²) in [4.78, 5) is 73.6. The zero-order chi connectivity index (χ0) is 43.9. The zero-order valence-corrected chi connectivity index (χ0v) is 32.4. The largest absolute Gasteiger partial charge is 0.477 e. The molecule has 0 aliphatic carbocycles. The lowest BCUT2D eigenvalue weighted by atomic mass is 9.99. The Labute approximate surface area is 344 Å². The van der Waals surface area contributed by atoms with E-state index >= 15 is 0 Å². The number of nitrogens with one attached hydrogen (secondary N) is 2. The monoisotopic (exact) mass is 857 g/mol. The third-order valence-electron chi connectivity index (χ3n) is 9.98. The number of urea groups is 2. The lowest BCUT2D eigenvalue weighted by Gasteiger charge is -2.45. The second-order valence-electron chi connectivity index (χ2n) is 14.3. The summed E-state index contributed by atoms with van der Waals surface area (Å²) in [6, 6.07) is 15.7. The van der Waals surface area contributed by atoms with E-state index in [0.717, 1.165) is 51.0 Å². The first kappa shape index (κ1) is 44.0. The number of rotatable bonds is 6. The third kappa shape index (κ3) is 11.2. The van der Waals surface area contributed by atoms with Gasteiger partial charge in [0.2, 0.25) is 0 Å². The number of Topliss-reactive ketones (excluding diaryl/α,β-unsaturated/α-hetero) is 1. The average Bonchev–Trinajstić information content (AvgIpc) is 3.23. The minimum atomic E-state index is -4.42. The van der Waals surface area contributed by atoms with Crippen LogP contribution in [-0.2, 0) is 0 Å². The van der Waals surface area contributed by atoms with Gasteiger partial charge in [-0.2, -0.15) is 26.3 Å². The number of pyridine rings is 4. The molecule has 4 aliphatic rings. The van der Waals surface area contributed by atoms with Crippen molar-refractivity contribution in [1.82, 2.24) is 19.9 Å². The first-order valence-corrected chi connectivity index (χ1v) is 19.2. The number of nitrogens with two attached hydrogens (primary N) is 1. The van der Waals surface area contributed by atoms with E-state index in [1.807, 2.05) is 0 Å². The Morgan fingerprint density at radius 3 is 1.56 bits per heavy atom. The Morgan fingerprint density at radius 1 is 0.689 bits per heavy atom. The van der Waals surface area contributed by atoms with Crippen LogP contribution in [0.2, 0.25) is 0 Å². The molecular weight excluding hydrogens is 816 g/mol. The Balaban J connectivity index is 0.000000182. The Kier molecular flexibility index (Phi) is 13.5. The van der Waals surface area contributed by atoms with Crippen molar-refractivity contribution in [3.8, 4) is 0 Å². The number of anilines is 6. The van der Waals surface area contributed by atoms with Gasteiger partial charge in [0, 0.05) is 45.0 Å². The number of halogens is 6. The van der Waals surface area contributed by atoms with E-state index < -0.39 is 49.5 Å². The summed E-state index contributed by atoms with van der Waals surface area (Å²) < 4.78 is 69.4. The molecule has 4 aromatic rings. The minimum absolute atomic E-state index is 0.0403. The molecule has 0 spiro atoms. The highest BCUT2D eigenvalue weighted by Gasteiger charge is 2.40. The van der Waals surface area contributed by atoms with Crippen molar-refractivity contribution < 1.29 is 50.6 Å². The summed E-state index contributed by atoms with van der Waals surface area (Å²) in [5.41, 5.74) is 5.51. The molecule has 22 heteroatoms. The first-order valence-electron chi connectivity index (χ1n) is 19.2. The number of carbonyl (C=O) groups excluding carboxylic acids is 3. The number of hydrogen-bond acceptors (Lipinski definition) is 11. The fourth-order valence-corrected chi connectivity index (χ4v) is 7.24. The molecule has 16 nitrogen and oxygen atoms in total. The smallest absolute Gasteiger partial charge is 0.400 e. The highest BCUT2D eigenvalue weighted by Crippen LogP contribution is 2.40. The van der Waals surface area contributed by atoms with E-state index in [1.54, 1.807) is 65.8 Å². The maximum atomic E-state index is 13.1. The van der Waals surface area contributed by atoms with Crippen molar-refractivity contribution in [1.29, 1.82) is 0 Å². The quantitative estimate of drug-likeness (QED) is 0.118. The fourth-order valence-electron chi connectivity index (χ4n) is 7.24. The van der Waals surface area contributed by atoms with Crippen LogP contribution in [0.3, 0.4) is 0 Å². The normalized spacial score (nSPS) is 17.6. The van der Waals surface area contributed by atoms with Gasteiger partial charge in [0.25, 0.3) is 0 Å². The first-order chi connectivity index (χ1) is 29.0. The third-order valence-corrected chi connectivity index (χ3v) is 9.98. The van der Waals surface area contributed by atoms with Crippen LogP contribution in [0.25, 0.3) is 0 Å². The van der Waals surface area contributed by atoms with Crippen molar-refractivity contribution in [2.75, 3.05) is 63.0 Å². The highest BCUT2D eigenvalue weighted by atomic mass is 19.4. The molecule has 5 N–H and O–H groups in total. The standard InChI is InChI=1S/C20H20F3N5O2.C17H17N5O3.C2H4F3N/c21-20(22,23)9-8-16(29)14-6-7-15-18(25-14)28(13-4-3-11-27(15)12-13)19(30)26-17-5-1-2-10-24-17;23-16(24)12-6-7-13-15(19-12)22(11-4-3-9-21(13)10-11)17(25)20-14-5-1-2-8-18-14;3-2(4,5)1-6/h1-2,5-7,10,13H,3-4,8-9,11-12H2,(H,24,26,30);1-2,5-8,11H,3-4,9-10H2,(H,23,24)(H,18,20,25);1,6H2/t13-;11-;/m00./s1. The van der Waals surface area contributed by atoms with E-state index in [4.69, 9.17) is 0 Å². The number of amides is 4.